The lowest BCUT2D eigenvalue weighted by Crippen LogP contribution is -2.34. The van der Waals surface area contributed by atoms with Crippen molar-refractivity contribution in [2.75, 3.05) is 6.54 Å². The minimum Gasteiger partial charge on any atom is -0.336 e. The number of carbonyl (C=O) groups excluding carboxylic acids is 1. The van der Waals surface area contributed by atoms with Crippen molar-refractivity contribution in [3.8, 4) is 17.2 Å². The van der Waals surface area contributed by atoms with Crippen LogP contribution in [0.4, 0.5) is 0 Å². The summed E-state index contributed by atoms with van der Waals surface area (Å²) in [5, 5.41) is 21.7. The van der Waals surface area contributed by atoms with Crippen molar-refractivity contribution in [3.05, 3.63) is 72.2 Å². The number of hydrogen-bond acceptors (Lipinski definition) is 4. The van der Waals surface area contributed by atoms with Gasteiger partial charge < -0.3 is 4.90 Å². The highest BCUT2D eigenvalue weighted by atomic mass is 16.2. The van der Waals surface area contributed by atoms with Gasteiger partial charge in [-0.05, 0) is 55.2 Å². The van der Waals surface area contributed by atoms with Gasteiger partial charge in [0.2, 0.25) is 0 Å². The molecule has 1 aliphatic heterocycles. The molecule has 1 N–H and O–H groups in total. The maximum absolute atomic E-state index is 13.0. The van der Waals surface area contributed by atoms with E-state index < -0.39 is 0 Å². The van der Waals surface area contributed by atoms with Crippen LogP contribution >= 0.6 is 0 Å². The number of nitriles is 1. The zero-order chi connectivity index (χ0) is 21.4. The van der Waals surface area contributed by atoms with Gasteiger partial charge in [-0.1, -0.05) is 12.1 Å². The quantitative estimate of drug-likeness (QED) is 0.553. The molecule has 7 nitrogen and oxygen atoms in total. The Labute approximate surface area is 179 Å². The Morgan fingerprint density at radius 3 is 2.94 bits per heavy atom. The Hall–Kier alpha value is -3.92. The Balaban J connectivity index is 1.32. The van der Waals surface area contributed by atoms with Gasteiger partial charge in [-0.25, -0.2) is 0 Å². The van der Waals surface area contributed by atoms with Gasteiger partial charge in [0.1, 0.15) is 0 Å². The second-order valence-corrected chi connectivity index (χ2v) is 8.19. The molecule has 0 saturated carbocycles. The molecule has 2 atom stereocenters. The Morgan fingerprint density at radius 1 is 1.23 bits per heavy atom. The largest absolute Gasteiger partial charge is 0.336 e. The van der Waals surface area contributed by atoms with Gasteiger partial charge in [-0.3, -0.25) is 14.6 Å². The predicted molar refractivity (Wildman–Crippen MR) is 117 cm³/mol. The molecule has 7 heteroatoms. The maximum atomic E-state index is 13.0. The number of H-pyrrole nitrogens is 1. The summed E-state index contributed by atoms with van der Waals surface area (Å²) in [7, 11) is 0. The van der Waals surface area contributed by atoms with Crippen LogP contribution in [0.25, 0.3) is 22.0 Å². The molecular formula is C24H22N6O. The topological polar surface area (TPSA) is 90.6 Å². The highest BCUT2D eigenvalue weighted by molar-refractivity contribution is 5.95. The summed E-state index contributed by atoms with van der Waals surface area (Å²) in [6.07, 6.45) is 6.51. The van der Waals surface area contributed by atoms with E-state index in [1.807, 2.05) is 28.2 Å². The number of rotatable bonds is 4. The summed E-state index contributed by atoms with van der Waals surface area (Å²) in [5.74, 6) is 0.317. The van der Waals surface area contributed by atoms with Crippen molar-refractivity contribution in [1.82, 2.24) is 24.9 Å². The second-order valence-electron chi connectivity index (χ2n) is 8.19. The molecule has 0 radical (unpaired) electrons. The zero-order valence-electron chi connectivity index (χ0n) is 17.2. The number of benzene rings is 2. The number of likely N-dealkylation sites (tertiary alicyclic amines) is 1. The summed E-state index contributed by atoms with van der Waals surface area (Å²) in [5.41, 5.74) is 4.32. The molecule has 0 unspecified atom stereocenters. The Kier molecular flexibility index (Phi) is 4.75. The molecule has 4 aromatic rings. The van der Waals surface area contributed by atoms with Gasteiger partial charge in [-0.2, -0.15) is 15.5 Å². The van der Waals surface area contributed by atoms with E-state index in [1.165, 1.54) is 0 Å². The van der Waals surface area contributed by atoms with Gasteiger partial charge in [-0.15, -0.1) is 0 Å². The zero-order valence-corrected chi connectivity index (χ0v) is 17.2. The molecule has 1 amide bonds. The summed E-state index contributed by atoms with van der Waals surface area (Å²) in [4.78, 5) is 14.9. The highest BCUT2D eigenvalue weighted by Gasteiger charge is 2.33. The lowest BCUT2D eigenvalue weighted by atomic mass is 10.1. The van der Waals surface area contributed by atoms with E-state index >= 15 is 0 Å². The van der Waals surface area contributed by atoms with Crippen LogP contribution in [-0.2, 0) is 6.54 Å². The average Bonchev–Trinajstić information content (AvgIpc) is 3.54. The van der Waals surface area contributed by atoms with Crippen LogP contribution in [0, 0.1) is 17.2 Å². The fourth-order valence-electron chi connectivity index (χ4n) is 4.51. The van der Waals surface area contributed by atoms with Crippen LogP contribution in [0.15, 0.2) is 61.1 Å². The third kappa shape index (κ3) is 3.57. The van der Waals surface area contributed by atoms with Gasteiger partial charge in [0.05, 0.1) is 29.5 Å². The molecule has 1 fully saturated rings. The number of nitrogens with one attached hydrogen (secondary N) is 1. The van der Waals surface area contributed by atoms with E-state index in [1.54, 1.807) is 24.3 Å². The number of aromatic nitrogens is 4. The summed E-state index contributed by atoms with van der Waals surface area (Å²) < 4.78 is 2.04. The smallest absolute Gasteiger partial charge is 0.254 e. The second kappa shape index (κ2) is 7.73. The number of nitrogens with zero attached hydrogens (tertiary/aromatic N) is 5. The summed E-state index contributed by atoms with van der Waals surface area (Å²) >= 11 is 0. The first-order valence-electron chi connectivity index (χ1n) is 10.4. The van der Waals surface area contributed by atoms with Crippen molar-refractivity contribution in [3.63, 3.8) is 0 Å². The first-order valence-corrected chi connectivity index (χ1v) is 10.4. The van der Waals surface area contributed by atoms with Gasteiger partial charge in [0.25, 0.3) is 5.91 Å². The molecule has 5 rings (SSSR count). The van der Waals surface area contributed by atoms with E-state index in [4.69, 9.17) is 5.26 Å². The molecule has 1 aliphatic rings. The minimum atomic E-state index is -0.0119. The normalized spacial score (nSPS) is 18.4. The van der Waals surface area contributed by atoms with E-state index in [0.717, 1.165) is 35.0 Å². The van der Waals surface area contributed by atoms with Gasteiger partial charge >= 0.3 is 0 Å². The number of amides is 1. The Bertz CT molecular complexity index is 1280. The fraction of sp³-hybridized carbons (Fsp3) is 0.250. The molecule has 154 valence electrons. The molecule has 31 heavy (non-hydrogen) atoms. The molecule has 2 aromatic carbocycles. The molecular weight excluding hydrogens is 388 g/mol. The van der Waals surface area contributed by atoms with Crippen molar-refractivity contribution < 1.29 is 4.79 Å². The van der Waals surface area contributed by atoms with Crippen LogP contribution in [0.2, 0.25) is 0 Å². The number of fused-ring (bicyclic) bond motifs is 1. The summed E-state index contributed by atoms with van der Waals surface area (Å²) in [6.45, 7) is 3.54. The molecule has 0 bridgehead atoms. The number of aromatic amines is 1. The highest BCUT2D eigenvalue weighted by Crippen LogP contribution is 2.29. The Morgan fingerprint density at radius 2 is 2.13 bits per heavy atom. The van der Waals surface area contributed by atoms with Crippen molar-refractivity contribution in [1.29, 1.82) is 5.26 Å². The lowest BCUT2D eigenvalue weighted by Gasteiger charge is -2.21. The van der Waals surface area contributed by atoms with E-state index in [-0.39, 0.29) is 11.9 Å². The molecule has 3 heterocycles. The van der Waals surface area contributed by atoms with Gasteiger partial charge in [0, 0.05) is 41.8 Å². The van der Waals surface area contributed by atoms with Gasteiger partial charge in [0.15, 0.2) is 0 Å². The van der Waals surface area contributed by atoms with E-state index in [0.29, 0.717) is 23.6 Å². The predicted octanol–water partition coefficient (Wildman–Crippen LogP) is 3.85. The third-order valence-electron chi connectivity index (χ3n) is 6.07. The summed E-state index contributed by atoms with van der Waals surface area (Å²) in [6, 6.07) is 15.5. The molecule has 0 spiro atoms. The molecule has 1 saturated heterocycles. The average molecular weight is 410 g/mol. The van der Waals surface area contributed by atoms with Crippen LogP contribution in [0.1, 0.15) is 29.3 Å². The number of hydrogen-bond donors (Lipinski definition) is 1. The standard InChI is InChI=1S/C24H22N6O/c1-16-7-18(14-29(16)24(31)20-4-2-3-17(8-20)10-25)15-30-23-6-5-19(9-21(23)13-28-30)22-11-26-27-12-22/h2-6,8-9,11-13,16,18H,7,14-15H2,1H3,(H,26,27)/t16-,18+/m1/s1. The molecule has 2 aromatic heterocycles. The fourth-order valence-corrected chi connectivity index (χ4v) is 4.51. The monoisotopic (exact) mass is 410 g/mol. The van der Waals surface area contributed by atoms with Crippen molar-refractivity contribution in [2.45, 2.75) is 25.9 Å². The van der Waals surface area contributed by atoms with Crippen LogP contribution in [0.3, 0.4) is 0 Å². The van der Waals surface area contributed by atoms with Crippen LogP contribution < -0.4 is 0 Å². The van der Waals surface area contributed by atoms with Crippen LogP contribution in [0.5, 0.6) is 0 Å². The first kappa shape index (κ1) is 19.1. The SMILES string of the molecule is C[C@@H]1C[C@H](Cn2ncc3cc(-c4cn[nH]c4)ccc32)CN1C(=O)c1cccc(C#N)c1. The third-order valence-corrected chi connectivity index (χ3v) is 6.07. The first-order chi connectivity index (χ1) is 15.1. The maximum Gasteiger partial charge on any atom is 0.254 e. The van der Waals surface area contributed by atoms with E-state index in [9.17, 15) is 4.79 Å². The molecule has 0 aliphatic carbocycles. The van der Waals surface area contributed by atoms with Crippen molar-refractivity contribution >= 4 is 16.8 Å². The lowest BCUT2D eigenvalue weighted by molar-refractivity contribution is 0.0742. The van der Waals surface area contributed by atoms with Crippen LogP contribution in [-0.4, -0.2) is 43.4 Å². The minimum absolute atomic E-state index is 0.0119. The van der Waals surface area contributed by atoms with E-state index in [2.05, 4.69) is 46.5 Å². The van der Waals surface area contributed by atoms with Crippen molar-refractivity contribution in [2.24, 2.45) is 5.92 Å². The number of carbonyl (C=O) groups is 1.